The highest BCUT2D eigenvalue weighted by Gasteiger charge is 2.11. The molecule has 0 saturated heterocycles. The van der Waals surface area contributed by atoms with E-state index in [2.05, 4.69) is 10.3 Å². The van der Waals surface area contributed by atoms with Crippen LogP contribution in [-0.4, -0.2) is 32.2 Å². The molecule has 0 saturated carbocycles. The molecule has 8 heteroatoms. The number of nitrogens with one attached hydrogen (secondary N) is 1. The Morgan fingerprint density at radius 3 is 2.63 bits per heavy atom. The standard InChI is InChI=1S/C19H18N2O4S2/c1-3-25-14-7-4-13(5-8-14)6-11-18(22)21-19-20-16-10-9-15(27(2,23)24)12-17(16)26-19/h4-12H,3H2,1-2H3,(H,20,21,22)/b11-6+. The summed E-state index contributed by atoms with van der Waals surface area (Å²) in [5.74, 6) is 0.466. The van der Waals surface area contributed by atoms with Crippen molar-refractivity contribution in [1.29, 1.82) is 0 Å². The maximum atomic E-state index is 12.1. The molecule has 0 bridgehead atoms. The van der Waals surface area contributed by atoms with E-state index in [1.807, 2.05) is 31.2 Å². The van der Waals surface area contributed by atoms with E-state index < -0.39 is 9.84 Å². The number of rotatable bonds is 6. The molecule has 1 heterocycles. The molecule has 3 rings (SSSR count). The number of nitrogens with zero attached hydrogens (tertiary/aromatic N) is 1. The van der Waals surface area contributed by atoms with Crippen LogP contribution in [0.4, 0.5) is 5.13 Å². The van der Waals surface area contributed by atoms with E-state index >= 15 is 0 Å². The zero-order valence-corrected chi connectivity index (χ0v) is 16.4. The van der Waals surface area contributed by atoms with Crippen LogP contribution in [0.1, 0.15) is 12.5 Å². The van der Waals surface area contributed by atoms with Gasteiger partial charge in [0.2, 0.25) is 5.91 Å². The van der Waals surface area contributed by atoms with E-state index in [1.54, 1.807) is 18.2 Å². The third kappa shape index (κ3) is 4.93. The Morgan fingerprint density at radius 2 is 1.96 bits per heavy atom. The van der Waals surface area contributed by atoms with Gasteiger partial charge in [0, 0.05) is 12.3 Å². The largest absolute Gasteiger partial charge is 0.494 e. The normalized spacial score (nSPS) is 11.8. The number of sulfone groups is 1. The molecule has 0 fully saturated rings. The monoisotopic (exact) mass is 402 g/mol. The van der Waals surface area contributed by atoms with Crippen molar-refractivity contribution in [3.63, 3.8) is 0 Å². The van der Waals surface area contributed by atoms with Crippen molar-refractivity contribution in [2.75, 3.05) is 18.2 Å². The van der Waals surface area contributed by atoms with Gasteiger partial charge >= 0.3 is 0 Å². The Morgan fingerprint density at radius 1 is 1.22 bits per heavy atom. The molecule has 27 heavy (non-hydrogen) atoms. The number of hydrogen-bond acceptors (Lipinski definition) is 6. The van der Waals surface area contributed by atoms with Gasteiger partial charge in [-0.05, 0) is 48.9 Å². The maximum Gasteiger partial charge on any atom is 0.250 e. The summed E-state index contributed by atoms with van der Waals surface area (Å²) < 4.78 is 29.3. The second-order valence-corrected chi connectivity index (χ2v) is 8.79. The van der Waals surface area contributed by atoms with Crippen LogP contribution in [0.15, 0.2) is 53.4 Å². The summed E-state index contributed by atoms with van der Waals surface area (Å²) >= 11 is 1.23. The Bertz CT molecular complexity index is 1100. The van der Waals surface area contributed by atoms with Gasteiger partial charge < -0.3 is 4.74 Å². The average Bonchev–Trinajstić information content (AvgIpc) is 3.02. The first-order valence-corrected chi connectivity index (χ1v) is 10.9. The summed E-state index contributed by atoms with van der Waals surface area (Å²) in [5.41, 5.74) is 1.51. The highest BCUT2D eigenvalue weighted by atomic mass is 32.2. The van der Waals surface area contributed by atoms with E-state index in [0.717, 1.165) is 17.6 Å². The molecular formula is C19H18N2O4S2. The predicted octanol–water partition coefficient (Wildman–Crippen LogP) is 3.75. The van der Waals surface area contributed by atoms with Gasteiger partial charge in [-0.25, -0.2) is 13.4 Å². The van der Waals surface area contributed by atoms with Crippen molar-refractivity contribution in [2.45, 2.75) is 11.8 Å². The first-order chi connectivity index (χ1) is 12.8. The number of aromatic nitrogens is 1. The number of fused-ring (bicyclic) bond motifs is 1. The second kappa shape index (κ2) is 7.89. The number of benzene rings is 2. The molecule has 6 nitrogen and oxygen atoms in total. The summed E-state index contributed by atoms with van der Waals surface area (Å²) in [7, 11) is -3.28. The quantitative estimate of drug-likeness (QED) is 0.635. The SMILES string of the molecule is CCOc1ccc(/C=C/C(=O)Nc2nc3ccc(S(C)(=O)=O)cc3s2)cc1. The summed E-state index contributed by atoms with van der Waals surface area (Å²) in [4.78, 5) is 16.6. The molecule has 0 aliphatic rings. The third-order valence-electron chi connectivity index (χ3n) is 3.64. The Balaban J connectivity index is 1.70. The number of hydrogen-bond donors (Lipinski definition) is 1. The minimum atomic E-state index is -3.28. The van der Waals surface area contributed by atoms with Crippen LogP contribution < -0.4 is 10.1 Å². The fourth-order valence-electron chi connectivity index (χ4n) is 2.35. The third-order valence-corrected chi connectivity index (χ3v) is 5.68. The van der Waals surface area contributed by atoms with Crippen LogP contribution in [0.25, 0.3) is 16.3 Å². The summed E-state index contributed by atoms with van der Waals surface area (Å²) in [6.07, 6.45) is 4.27. The van der Waals surface area contributed by atoms with Gasteiger partial charge in [0.05, 0.1) is 21.7 Å². The lowest BCUT2D eigenvalue weighted by atomic mass is 10.2. The molecule has 1 N–H and O–H groups in total. The van der Waals surface area contributed by atoms with Crippen molar-refractivity contribution in [3.8, 4) is 5.75 Å². The highest BCUT2D eigenvalue weighted by Crippen LogP contribution is 2.28. The molecule has 140 valence electrons. The average molecular weight is 402 g/mol. The Hall–Kier alpha value is -2.71. The smallest absolute Gasteiger partial charge is 0.250 e. The number of anilines is 1. The summed E-state index contributed by atoms with van der Waals surface area (Å²) in [6, 6.07) is 12.1. The summed E-state index contributed by atoms with van der Waals surface area (Å²) in [5, 5.41) is 3.11. The second-order valence-electron chi connectivity index (χ2n) is 5.75. The van der Waals surface area contributed by atoms with Crippen molar-refractivity contribution in [3.05, 3.63) is 54.1 Å². The fraction of sp³-hybridized carbons (Fsp3) is 0.158. The number of carbonyl (C=O) groups is 1. The van der Waals surface area contributed by atoms with Crippen molar-refractivity contribution < 1.29 is 17.9 Å². The van der Waals surface area contributed by atoms with E-state index in [-0.39, 0.29) is 10.8 Å². The number of carbonyl (C=O) groups excluding carboxylic acids is 1. The Kier molecular flexibility index (Phi) is 5.57. The first kappa shape index (κ1) is 19.1. The van der Waals surface area contributed by atoms with Crippen LogP contribution in [0.3, 0.4) is 0 Å². The van der Waals surface area contributed by atoms with Gasteiger partial charge in [-0.3, -0.25) is 10.1 Å². The topological polar surface area (TPSA) is 85.4 Å². The van der Waals surface area contributed by atoms with Crippen molar-refractivity contribution in [1.82, 2.24) is 4.98 Å². The van der Waals surface area contributed by atoms with E-state index in [4.69, 9.17) is 4.74 Å². The number of amides is 1. The molecular weight excluding hydrogens is 384 g/mol. The molecule has 0 unspecified atom stereocenters. The zero-order valence-electron chi connectivity index (χ0n) is 14.8. The van der Waals surface area contributed by atoms with Gasteiger partial charge in [-0.1, -0.05) is 23.5 Å². The molecule has 1 aromatic heterocycles. The molecule has 0 radical (unpaired) electrons. The fourth-order valence-corrected chi connectivity index (χ4v) is 3.98. The van der Waals surface area contributed by atoms with Gasteiger partial charge in [0.25, 0.3) is 0 Å². The van der Waals surface area contributed by atoms with E-state index in [9.17, 15) is 13.2 Å². The van der Waals surface area contributed by atoms with Crippen LogP contribution in [0.2, 0.25) is 0 Å². The number of ether oxygens (including phenoxy) is 1. The molecule has 0 atom stereocenters. The lowest BCUT2D eigenvalue weighted by molar-refractivity contribution is -0.111. The lowest BCUT2D eigenvalue weighted by Crippen LogP contribution is -2.07. The van der Waals surface area contributed by atoms with Gasteiger partial charge in [-0.2, -0.15) is 0 Å². The lowest BCUT2D eigenvalue weighted by Gasteiger charge is -2.02. The van der Waals surface area contributed by atoms with E-state index in [0.29, 0.717) is 22.0 Å². The molecule has 2 aromatic carbocycles. The van der Waals surface area contributed by atoms with Crippen LogP contribution in [-0.2, 0) is 14.6 Å². The van der Waals surface area contributed by atoms with Gasteiger partial charge in [0.15, 0.2) is 15.0 Å². The van der Waals surface area contributed by atoms with Gasteiger partial charge in [0.1, 0.15) is 5.75 Å². The molecule has 0 spiro atoms. The van der Waals surface area contributed by atoms with Gasteiger partial charge in [-0.15, -0.1) is 0 Å². The Labute approximate surface area is 161 Å². The van der Waals surface area contributed by atoms with Crippen LogP contribution in [0.5, 0.6) is 5.75 Å². The minimum Gasteiger partial charge on any atom is -0.494 e. The highest BCUT2D eigenvalue weighted by molar-refractivity contribution is 7.90. The molecule has 1 amide bonds. The zero-order chi connectivity index (χ0) is 19.4. The molecule has 3 aromatic rings. The molecule has 0 aliphatic carbocycles. The maximum absolute atomic E-state index is 12.1. The van der Waals surface area contributed by atoms with Crippen LogP contribution in [0, 0.1) is 0 Å². The van der Waals surface area contributed by atoms with Crippen molar-refractivity contribution in [2.24, 2.45) is 0 Å². The summed E-state index contributed by atoms with van der Waals surface area (Å²) in [6.45, 7) is 2.52. The molecule has 0 aliphatic heterocycles. The minimum absolute atomic E-state index is 0.229. The first-order valence-electron chi connectivity index (χ1n) is 8.18. The van der Waals surface area contributed by atoms with Crippen LogP contribution >= 0.6 is 11.3 Å². The predicted molar refractivity (Wildman–Crippen MR) is 108 cm³/mol. The number of thiazole rings is 1. The van der Waals surface area contributed by atoms with E-state index in [1.165, 1.54) is 23.5 Å². The van der Waals surface area contributed by atoms with Crippen molar-refractivity contribution >= 4 is 48.5 Å².